The fourth-order valence-corrected chi connectivity index (χ4v) is 2.52. The van der Waals surface area contributed by atoms with Gasteiger partial charge in [-0.3, -0.25) is 4.79 Å². The molecule has 0 aliphatic carbocycles. The molecular formula is C16H18ClN3O4S. The lowest BCUT2D eigenvalue weighted by Crippen LogP contribution is -2.34. The normalized spacial score (nSPS) is 12.0. The van der Waals surface area contributed by atoms with E-state index in [9.17, 15) is 9.59 Å². The summed E-state index contributed by atoms with van der Waals surface area (Å²) in [7, 11) is 1.47. The van der Waals surface area contributed by atoms with Gasteiger partial charge in [0.05, 0.1) is 12.1 Å². The van der Waals surface area contributed by atoms with Gasteiger partial charge in [-0.2, -0.15) is 17.0 Å². The second-order valence-corrected chi connectivity index (χ2v) is 6.21. The topological polar surface area (TPSA) is 111 Å². The Hall–Kier alpha value is -2.37. The highest BCUT2D eigenvalue weighted by atomic mass is 35.5. The summed E-state index contributed by atoms with van der Waals surface area (Å²) >= 11 is 7.49. The molecule has 0 fully saturated rings. The van der Waals surface area contributed by atoms with Crippen LogP contribution in [-0.4, -0.2) is 42.1 Å². The highest BCUT2D eigenvalue weighted by molar-refractivity contribution is 7.98. The van der Waals surface area contributed by atoms with Gasteiger partial charge < -0.3 is 20.5 Å². The SMILES string of the molecule is COc1ccc(NC(=O)/C(C#N)=C\NC(CCSC)C(=O)O)cc1Cl. The molecule has 134 valence electrons. The molecular weight excluding hydrogens is 366 g/mol. The zero-order valence-corrected chi connectivity index (χ0v) is 15.3. The number of hydrogen-bond acceptors (Lipinski definition) is 6. The van der Waals surface area contributed by atoms with E-state index in [4.69, 9.17) is 26.7 Å². The van der Waals surface area contributed by atoms with Crippen molar-refractivity contribution in [3.63, 3.8) is 0 Å². The highest BCUT2D eigenvalue weighted by Crippen LogP contribution is 2.27. The van der Waals surface area contributed by atoms with Gasteiger partial charge in [-0.05, 0) is 36.6 Å². The molecule has 1 atom stereocenters. The first-order chi connectivity index (χ1) is 11.9. The number of hydrogen-bond donors (Lipinski definition) is 3. The number of anilines is 1. The molecule has 25 heavy (non-hydrogen) atoms. The largest absolute Gasteiger partial charge is 0.495 e. The molecule has 1 amide bonds. The molecule has 3 N–H and O–H groups in total. The summed E-state index contributed by atoms with van der Waals surface area (Å²) in [6.45, 7) is 0. The zero-order chi connectivity index (χ0) is 18.8. The molecule has 0 aliphatic rings. The Morgan fingerprint density at radius 2 is 2.24 bits per heavy atom. The summed E-state index contributed by atoms with van der Waals surface area (Å²) in [5.74, 6) is -0.637. The minimum absolute atomic E-state index is 0.248. The Kier molecular flexibility index (Phi) is 8.67. The van der Waals surface area contributed by atoms with Crippen LogP contribution in [0.4, 0.5) is 5.69 Å². The first kappa shape index (κ1) is 20.7. The van der Waals surface area contributed by atoms with Crippen LogP contribution in [0.25, 0.3) is 0 Å². The quantitative estimate of drug-likeness (QED) is 0.443. The van der Waals surface area contributed by atoms with Gasteiger partial charge in [-0.25, -0.2) is 4.79 Å². The lowest BCUT2D eigenvalue weighted by Gasteiger charge is -2.12. The van der Waals surface area contributed by atoms with Crippen LogP contribution in [0.3, 0.4) is 0 Å². The van der Waals surface area contributed by atoms with E-state index in [2.05, 4.69) is 10.6 Å². The van der Waals surface area contributed by atoms with E-state index in [1.807, 2.05) is 6.26 Å². The third-order valence-corrected chi connectivity index (χ3v) is 4.05. The van der Waals surface area contributed by atoms with Gasteiger partial charge in [0.25, 0.3) is 5.91 Å². The number of halogens is 1. The number of nitriles is 1. The number of methoxy groups -OCH3 is 1. The number of ether oxygens (including phenoxy) is 1. The fraction of sp³-hybridized carbons (Fsp3) is 0.312. The average Bonchev–Trinajstić information content (AvgIpc) is 2.57. The molecule has 0 aromatic heterocycles. The Labute approximate surface area is 155 Å². The van der Waals surface area contributed by atoms with Crippen LogP contribution < -0.4 is 15.4 Å². The van der Waals surface area contributed by atoms with Crippen LogP contribution in [0.1, 0.15) is 6.42 Å². The van der Waals surface area contributed by atoms with Gasteiger partial charge in [0.15, 0.2) is 0 Å². The van der Waals surface area contributed by atoms with E-state index in [-0.39, 0.29) is 5.57 Å². The summed E-state index contributed by atoms with van der Waals surface area (Å²) in [5.41, 5.74) is 0.136. The molecule has 9 heteroatoms. The molecule has 1 aromatic carbocycles. The monoisotopic (exact) mass is 383 g/mol. The van der Waals surface area contributed by atoms with Gasteiger partial charge in [0.2, 0.25) is 0 Å². The molecule has 1 aromatic rings. The first-order valence-corrected chi connectivity index (χ1v) is 8.93. The maximum Gasteiger partial charge on any atom is 0.326 e. The first-order valence-electron chi connectivity index (χ1n) is 7.15. The average molecular weight is 384 g/mol. The molecule has 1 rings (SSSR count). The number of aliphatic carboxylic acids is 1. The minimum atomic E-state index is -1.05. The highest BCUT2D eigenvalue weighted by Gasteiger charge is 2.17. The van der Waals surface area contributed by atoms with Crippen molar-refractivity contribution in [3.05, 3.63) is 35.0 Å². The summed E-state index contributed by atoms with van der Waals surface area (Å²) in [4.78, 5) is 23.3. The molecule has 0 bridgehead atoms. The summed E-state index contributed by atoms with van der Waals surface area (Å²) < 4.78 is 5.02. The van der Waals surface area contributed by atoms with Gasteiger partial charge in [-0.1, -0.05) is 11.6 Å². The molecule has 0 spiro atoms. The number of nitrogens with zero attached hydrogens (tertiary/aromatic N) is 1. The van der Waals surface area contributed by atoms with Gasteiger partial charge >= 0.3 is 5.97 Å². The maximum atomic E-state index is 12.1. The van der Waals surface area contributed by atoms with Gasteiger partial charge in [0.1, 0.15) is 23.4 Å². The third-order valence-electron chi connectivity index (χ3n) is 3.11. The van der Waals surface area contributed by atoms with E-state index in [0.717, 1.165) is 6.20 Å². The molecule has 0 radical (unpaired) electrons. The molecule has 0 saturated heterocycles. The summed E-state index contributed by atoms with van der Waals surface area (Å²) in [5, 5.41) is 23.7. The van der Waals surface area contributed by atoms with Crippen molar-refractivity contribution in [2.75, 3.05) is 24.4 Å². The smallest absolute Gasteiger partial charge is 0.326 e. The second kappa shape index (κ2) is 10.5. The van der Waals surface area contributed by atoms with Crippen molar-refractivity contribution >= 4 is 40.9 Å². The minimum Gasteiger partial charge on any atom is -0.495 e. The number of nitrogens with one attached hydrogen (secondary N) is 2. The zero-order valence-electron chi connectivity index (χ0n) is 13.7. The van der Waals surface area contributed by atoms with Crippen molar-refractivity contribution in [1.82, 2.24) is 5.32 Å². The molecule has 0 saturated carbocycles. The Balaban J connectivity index is 2.81. The second-order valence-electron chi connectivity index (χ2n) is 4.81. The number of carboxylic acid groups (broad SMARTS) is 1. The van der Waals surface area contributed by atoms with Gasteiger partial charge in [-0.15, -0.1) is 0 Å². The van der Waals surface area contributed by atoms with Crippen molar-refractivity contribution in [1.29, 1.82) is 5.26 Å². The van der Waals surface area contributed by atoms with Crippen LogP contribution in [0, 0.1) is 11.3 Å². The van der Waals surface area contributed by atoms with Crippen molar-refractivity contribution in [2.24, 2.45) is 0 Å². The Morgan fingerprint density at radius 3 is 2.76 bits per heavy atom. The number of amides is 1. The number of carboxylic acids is 1. The number of rotatable bonds is 9. The number of carbonyl (C=O) groups is 2. The van der Waals surface area contributed by atoms with E-state index in [0.29, 0.717) is 28.6 Å². The Bertz CT molecular complexity index is 703. The predicted octanol–water partition coefficient (Wildman–Crippen LogP) is 2.49. The van der Waals surface area contributed by atoms with Crippen LogP contribution in [0.2, 0.25) is 5.02 Å². The van der Waals surface area contributed by atoms with Crippen LogP contribution in [-0.2, 0) is 9.59 Å². The van der Waals surface area contributed by atoms with Crippen molar-refractivity contribution in [2.45, 2.75) is 12.5 Å². The Morgan fingerprint density at radius 1 is 1.52 bits per heavy atom. The number of carbonyl (C=O) groups excluding carboxylic acids is 1. The maximum absolute atomic E-state index is 12.1. The van der Waals surface area contributed by atoms with E-state index in [1.54, 1.807) is 18.2 Å². The molecule has 1 unspecified atom stereocenters. The summed E-state index contributed by atoms with van der Waals surface area (Å²) in [6.07, 6.45) is 3.34. The van der Waals surface area contributed by atoms with E-state index in [1.165, 1.54) is 24.9 Å². The van der Waals surface area contributed by atoms with Crippen LogP contribution >= 0.6 is 23.4 Å². The lowest BCUT2D eigenvalue weighted by atomic mass is 10.2. The molecule has 7 nitrogen and oxygen atoms in total. The molecule has 0 aliphatic heterocycles. The standard InChI is InChI=1S/C16H18ClN3O4S/c1-24-14-4-3-11(7-12(14)17)20-15(21)10(8-18)9-19-13(16(22)23)5-6-25-2/h3-4,7,9,13,19H,5-6H2,1-2H3,(H,20,21)(H,22,23)/b10-9-. The van der Waals surface area contributed by atoms with Crippen molar-refractivity contribution in [3.8, 4) is 11.8 Å². The van der Waals surface area contributed by atoms with Crippen molar-refractivity contribution < 1.29 is 19.4 Å². The van der Waals surface area contributed by atoms with Crippen LogP contribution in [0.5, 0.6) is 5.75 Å². The van der Waals surface area contributed by atoms with Gasteiger partial charge in [0, 0.05) is 11.9 Å². The third kappa shape index (κ3) is 6.57. The lowest BCUT2D eigenvalue weighted by molar-refractivity contribution is -0.139. The number of benzene rings is 1. The summed E-state index contributed by atoms with van der Waals surface area (Å²) in [6, 6.07) is 5.50. The predicted molar refractivity (Wildman–Crippen MR) is 97.9 cm³/mol. The van der Waals surface area contributed by atoms with Crippen LogP contribution in [0.15, 0.2) is 30.0 Å². The molecule has 0 heterocycles. The van der Waals surface area contributed by atoms with E-state index >= 15 is 0 Å². The fourth-order valence-electron chi connectivity index (χ4n) is 1.79. The van der Waals surface area contributed by atoms with E-state index < -0.39 is 17.9 Å². The number of thioether (sulfide) groups is 1.